The summed E-state index contributed by atoms with van der Waals surface area (Å²) in [5, 5.41) is 8.29. The van der Waals surface area contributed by atoms with Crippen molar-refractivity contribution in [2.45, 2.75) is 12.8 Å². The van der Waals surface area contributed by atoms with Crippen LogP contribution in [0.25, 0.3) is 0 Å². The highest BCUT2D eigenvalue weighted by Crippen LogP contribution is 2.25. The van der Waals surface area contributed by atoms with Crippen LogP contribution >= 0.6 is 0 Å². The van der Waals surface area contributed by atoms with Gasteiger partial charge in [-0.2, -0.15) is 5.26 Å². The van der Waals surface area contributed by atoms with Crippen molar-refractivity contribution >= 4 is 5.91 Å². The van der Waals surface area contributed by atoms with E-state index < -0.39 is 5.91 Å². The molecule has 0 spiro atoms. The molecule has 0 aromatic rings. The van der Waals surface area contributed by atoms with Gasteiger partial charge in [0.25, 0.3) is 0 Å². The second kappa shape index (κ2) is 1.90. The van der Waals surface area contributed by atoms with E-state index in [1.807, 2.05) is 6.07 Å². The number of rotatable bonds is 1. The van der Waals surface area contributed by atoms with Gasteiger partial charge in [0.15, 0.2) is 0 Å². The van der Waals surface area contributed by atoms with Crippen molar-refractivity contribution in [1.82, 2.24) is 0 Å². The number of hydrogen-bond acceptors (Lipinski definition) is 2. The number of nitrogens with two attached hydrogens (primary N) is 1. The third kappa shape index (κ3) is 0.789. The molecule has 0 fully saturated rings. The van der Waals surface area contributed by atoms with Crippen molar-refractivity contribution in [3.63, 3.8) is 0 Å². The maximum atomic E-state index is 10.4. The summed E-state index contributed by atoms with van der Waals surface area (Å²) in [7, 11) is 0. The van der Waals surface area contributed by atoms with Crippen LogP contribution < -0.4 is 5.73 Å². The molecule has 3 heteroatoms. The molecular formula is C6H6N2O. The second-order valence-corrected chi connectivity index (χ2v) is 1.93. The molecule has 9 heavy (non-hydrogen) atoms. The van der Waals surface area contributed by atoms with Crippen molar-refractivity contribution in [3.05, 3.63) is 11.1 Å². The van der Waals surface area contributed by atoms with Gasteiger partial charge in [0, 0.05) is 11.1 Å². The van der Waals surface area contributed by atoms with E-state index in [-0.39, 0.29) is 0 Å². The predicted molar refractivity (Wildman–Crippen MR) is 31.1 cm³/mol. The minimum atomic E-state index is -0.446. The molecule has 0 bridgehead atoms. The standard InChI is InChI=1S/C6H6N2O/c7-3-4-1-2-5(4)6(8)9/h1-2H2,(H2,8,9). The molecule has 0 unspecified atom stereocenters. The summed E-state index contributed by atoms with van der Waals surface area (Å²) in [4.78, 5) is 10.4. The second-order valence-electron chi connectivity index (χ2n) is 1.93. The van der Waals surface area contributed by atoms with E-state index in [9.17, 15) is 4.79 Å². The smallest absolute Gasteiger partial charge is 0.245 e. The van der Waals surface area contributed by atoms with Gasteiger partial charge in [0.05, 0.1) is 6.07 Å². The highest BCUT2D eigenvalue weighted by molar-refractivity contribution is 5.95. The maximum absolute atomic E-state index is 10.4. The SMILES string of the molecule is N#CC1=C(C(N)=O)CC1. The Kier molecular flexibility index (Phi) is 1.23. The van der Waals surface area contributed by atoms with Gasteiger partial charge < -0.3 is 5.73 Å². The normalized spacial score (nSPS) is 16.3. The van der Waals surface area contributed by atoms with E-state index in [0.717, 1.165) is 6.42 Å². The zero-order valence-electron chi connectivity index (χ0n) is 4.85. The molecule has 3 nitrogen and oxygen atoms in total. The topological polar surface area (TPSA) is 66.9 Å². The van der Waals surface area contributed by atoms with Crippen LogP contribution in [0.1, 0.15) is 12.8 Å². The first-order chi connectivity index (χ1) is 4.25. The molecule has 0 saturated carbocycles. The van der Waals surface area contributed by atoms with Crippen molar-refractivity contribution in [2.24, 2.45) is 5.73 Å². The van der Waals surface area contributed by atoms with Crippen LogP contribution in [0.4, 0.5) is 0 Å². The molecule has 0 aromatic heterocycles. The molecule has 1 aliphatic carbocycles. The fourth-order valence-corrected chi connectivity index (χ4v) is 0.770. The van der Waals surface area contributed by atoms with Gasteiger partial charge in [-0.05, 0) is 12.8 Å². The Morgan fingerprint density at radius 3 is 2.44 bits per heavy atom. The monoisotopic (exact) mass is 122 g/mol. The van der Waals surface area contributed by atoms with Crippen LogP contribution in [-0.4, -0.2) is 5.91 Å². The Morgan fingerprint density at radius 1 is 1.67 bits per heavy atom. The van der Waals surface area contributed by atoms with Crippen LogP contribution in [0.15, 0.2) is 11.1 Å². The van der Waals surface area contributed by atoms with Gasteiger partial charge in [0.1, 0.15) is 0 Å². The minimum Gasteiger partial charge on any atom is -0.366 e. The predicted octanol–water partition coefficient (Wildman–Crippen LogP) is 0.0857. The number of carbonyl (C=O) groups is 1. The van der Waals surface area contributed by atoms with E-state index in [2.05, 4.69) is 0 Å². The lowest BCUT2D eigenvalue weighted by Gasteiger charge is -2.13. The molecule has 0 atom stereocenters. The van der Waals surface area contributed by atoms with E-state index >= 15 is 0 Å². The highest BCUT2D eigenvalue weighted by atomic mass is 16.1. The molecule has 0 aliphatic heterocycles. The molecule has 2 N–H and O–H groups in total. The third-order valence-corrected chi connectivity index (χ3v) is 1.42. The molecule has 1 rings (SSSR count). The number of primary amides is 1. The van der Waals surface area contributed by atoms with Crippen molar-refractivity contribution in [3.8, 4) is 6.07 Å². The molecule has 1 aliphatic rings. The summed E-state index contributed by atoms with van der Waals surface area (Å²) in [6.45, 7) is 0. The van der Waals surface area contributed by atoms with Gasteiger partial charge in [-0.1, -0.05) is 0 Å². The van der Waals surface area contributed by atoms with Crippen LogP contribution in [-0.2, 0) is 4.79 Å². The van der Waals surface area contributed by atoms with E-state index in [4.69, 9.17) is 11.0 Å². The lowest BCUT2D eigenvalue weighted by Crippen LogP contribution is -2.20. The summed E-state index contributed by atoms with van der Waals surface area (Å²) >= 11 is 0. The number of amides is 1. The molecule has 0 saturated heterocycles. The molecule has 0 aromatic carbocycles. The number of carbonyl (C=O) groups excluding carboxylic acids is 1. The van der Waals surface area contributed by atoms with Gasteiger partial charge in [0.2, 0.25) is 5.91 Å². The fraction of sp³-hybridized carbons (Fsp3) is 0.333. The van der Waals surface area contributed by atoms with Crippen molar-refractivity contribution in [2.75, 3.05) is 0 Å². The fourth-order valence-electron chi connectivity index (χ4n) is 0.770. The van der Waals surface area contributed by atoms with E-state index in [1.165, 1.54) is 0 Å². The number of hydrogen-bond donors (Lipinski definition) is 1. The van der Waals surface area contributed by atoms with Crippen LogP contribution in [0.2, 0.25) is 0 Å². The Bertz CT molecular complexity index is 222. The first-order valence-electron chi connectivity index (χ1n) is 2.67. The van der Waals surface area contributed by atoms with Gasteiger partial charge >= 0.3 is 0 Å². The highest BCUT2D eigenvalue weighted by Gasteiger charge is 2.20. The quantitative estimate of drug-likeness (QED) is 0.535. The van der Waals surface area contributed by atoms with Crippen LogP contribution in [0.5, 0.6) is 0 Å². The Hall–Kier alpha value is -1.30. The number of nitrogens with zero attached hydrogens (tertiary/aromatic N) is 1. The lowest BCUT2D eigenvalue weighted by molar-refractivity contribution is -0.115. The number of allylic oxidation sites excluding steroid dienone is 1. The Balaban J connectivity index is 2.85. The van der Waals surface area contributed by atoms with Gasteiger partial charge in [-0.15, -0.1) is 0 Å². The summed E-state index contributed by atoms with van der Waals surface area (Å²) in [6.07, 6.45) is 1.40. The summed E-state index contributed by atoms with van der Waals surface area (Å²) < 4.78 is 0. The largest absolute Gasteiger partial charge is 0.366 e. The zero-order chi connectivity index (χ0) is 6.85. The number of nitriles is 1. The Labute approximate surface area is 52.8 Å². The maximum Gasteiger partial charge on any atom is 0.245 e. The van der Waals surface area contributed by atoms with Crippen LogP contribution in [0.3, 0.4) is 0 Å². The molecule has 1 amide bonds. The Morgan fingerprint density at radius 2 is 2.33 bits per heavy atom. The van der Waals surface area contributed by atoms with Crippen molar-refractivity contribution in [1.29, 1.82) is 5.26 Å². The molecule has 0 radical (unpaired) electrons. The molecular weight excluding hydrogens is 116 g/mol. The van der Waals surface area contributed by atoms with E-state index in [1.54, 1.807) is 0 Å². The minimum absolute atomic E-state index is 0.446. The lowest BCUT2D eigenvalue weighted by atomic mass is 9.89. The summed E-state index contributed by atoms with van der Waals surface area (Å²) in [5.41, 5.74) is 5.99. The molecule has 46 valence electrons. The average Bonchev–Trinajstić information content (AvgIpc) is 1.61. The zero-order valence-corrected chi connectivity index (χ0v) is 4.85. The first-order valence-corrected chi connectivity index (χ1v) is 2.67. The van der Waals surface area contributed by atoms with Gasteiger partial charge in [-0.3, -0.25) is 4.79 Å². The van der Waals surface area contributed by atoms with Crippen molar-refractivity contribution < 1.29 is 4.79 Å². The molecule has 0 heterocycles. The average molecular weight is 122 g/mol. The summed E-state index contributed by atoms with van der Waals surface area (Å²) in [6, 6.07) is 1.91. The summed E-state index contributed by atoms with van der Waals surface area (Å²) in [5.74, 6) is -0.446. The third-order valence-electron chi connectivity index (χ3n) is 1.42. The van der Waals surface area contributed by atoms with E-state index in [0.29, 0.717) is 17.6 Å². The van der Waals surface area contributed by atoms with Crippen LogP contribution in [0, 0.1) is 11.3 Å². The van der Waals surface area contributed by atoms with Gasteiger partial charge in [-0.25, -0.2) is 0 Å². The first kappa shape index (κ1) is 5.83.